The number of hydrogen-bond acceptors (Lipinski definition) is 8. The molecule has 5 rings (SSSR count). The predicted octanol–water partition coefficient (Wildman–Crippen LogP) is 3.52. The third-order valence-electron chi connectivity index (χ3n) is 6.32. The summed E-state index contributed by atoms with van der Waals surface area (Å²) in [6.45, 7) is 0. The first kappa shape index (κ1) is 25.9. The summed E-state index contributed by atoms with van der Waals surface area (Å²) in [5.74, 6) is -7.59. The molecule has 12 nitrogen and oxygen atoms in total. The molecule has 12 heteroatoms. The molecular weight excluding hydrogens is 524 g/mol. The average molecular weight is 544 g/mol. The minimum absolute atomic E-state index is 0.325. The van der Waals surface area contributed by atoms with Crippen molar-refractivity contribution in [2.75, 3.05) is 10.1 Å². The highest BCUT2D eigenvalue weighted by atomic mass is 16.7. The van der Waals surface area contributed by atoms with Crippen LogP contribution in [-0.2, 0) is 28.9 Å². The van der Waals surface area contributed by atoms with Crippen LogP contribution in [0.25, 0.3) is 0 Å². The zero-order valence-corrected chi connectivity index (χ0v) is 20.4. The molecular formula is C28H20N2O10. The van der Waals surface area contributed by atoms with Crippen molar-refractivity contribution in [3.8, 4) is 0 Å². The molecule has 0 saturated carbocycles. The van der Waals surface area contributed by atoms with Crippen molar-refractivity contribution in [2.24, 2.45) is 0 Å². The van der Waals surface area contributed by atoms with Gasteiger partial charge in [-0.3, -0.25) is 0 Å². The van der Waals surface area contributed by atoms with Gasteiger partial charge in [-0.1, -0.05) is 60.7 Å². The molecule has 2 aliphatic heterocycles. The van der Waals surface area contributed by atoms with Crippen LogP contribution < -0.4 is 10.1 Å². The van der Waals surface area contributed by atoms with E-state index in [2.05, 4.69) is 0 Å². The van der Waals surface area contributed by atoms with Crippen molar-refractivity contribution in [3.63, 3.8) is 0 Å². The standard InChI is InChI=1S/C28H20N2O10/c31-25(32)19-21(29(39-23(19)27(35)36)17-7-3-1-4-8-17)15-11-13-16(14-12-15)22-20(26(33)34)24(28(37)38)40-30(22)18-9-5-2-6-10-18/h1-14,21-22H,(H,31,32)(H,33,34)(H,35,36)(H,37,38)/t21-,22-/m1/s1. The number of carboxylic acid groups (broad SMARTS) is 4. The van der Waals surface area contributed by atoms with Crippen LogP contribution >= 0.6 is 0 Å². The van der Waals surface area contributed by atoms with Crippen LogP contribution in [0.2, 0.25) is 0 Å². The van der Waals surface area contributed by atoms with E-state index in [0.717, 1.165) is 0 Å². The van der Waals surface area contributed by atoms with Gasteiger partial charge in [-0.15, -0.1) is 0 Å². The molecule has 0 aromatic heterocycles. The number of carboxylic acids is 4. The molecule has 0 radical (unpaired) electrons. The summed E-state index contributed by atoms with van der Waals surface area (Å²) in [4.78, 5) is 59.1. The lowest BCUT2D eigenvalue weighted by molar-refractivity contribution is -0.138. The zero-order valence-electron chi connectivity index (χ0n) is 20.4. The van der Waals surface area contributed by atoms with Crippen LogP contribution in [0.15, 0.2) is 108 Å². The van der Waals surface area contributed by atoms with Crippen molar-refractivity contribution >= 4 is 35.3 Å². The topological polar surface area (TPSA) is 174 Å². The molecule has 2 aliphatic rings. The van der Waals surface area contributed by atoms with E-state index in [4.69, 9.17) is 9.68 Å². The summed E-state index contributed by atoms with van der Waals surface area (Å²) in [6, 6.07) is 20.3. The van der Waals surface area contributed by atoms with Crippen LogP contribution in [0, 0.1) is 0 Å². The number of carbonyl (C=O) groups is 4. The maximum absolute atomic E-state index is 12.2. The Labute approximate surface area is 225 Å². The molecule has 0 unspecified atom stereocenters. The third-order valence-corrected chi connectivity index (χ3v) is 6.32. The van der Waals surface area contributed by atoms with Gasteiger partial charge in [-0.05, 0) is 35.4 Å². The maximum Gasteiger partial charge on any atom is 0.375 e. The monoisotopic (exact) mass is 544 g/mol. The average Bonchev–Trinajstić information content (AvgIpc) is 3.55. The van der Waals surface area contributed by atoms with E-state index >= 15 is 0 Å². The lowest BCUT2D eigenvalue weighted by atomic mass is 9.92. The molecule has 0 amide bonds. The van der Waals surface area contributed by atoms with Crippen molar-refractivity contribution < 1.29 is 49.3 Å². The van der Waals surface area contributed by atoms with Crippen molar-refractivity contribution in [2.45, 2.75) is 12.1 Å². The van der Waals surface area contributed by atoms with Crippen molar-refractivity contribution in [1.82, 2.24) is 0 Å². The van der Waals surface area contributed by atoms with Gasteiger partial charge in [0.05, 0.1) is 11.4 Å². The van der Waals surface area contributed by atoms with Crippen LogP contribution in [0.4, 0.5) is 11.4 Å². The quantitative estimate of drug-likeness (QED) is 0.325. The van der Waals surface area contributed by atoms with Crippen LogP contribution in [0.5, 0.6) is 0 Å². The molecule has 202 valence electrons. The van der Waals surface area contributed by atoms with Gasteiger partial charge in [0.1, 0.15) is 23.2 Å². The van der Waals surface area contributed by atoms with E-state index in [1.165, 1.54) is 34.4 Å². The second kappa shape index (κ2) is 10.2. The predicted molar refractivity (Wildman–Crippen MR) is 137 cm³/mol. The first-order valence-electron chi connectivity index (χ1n) is 11.7. The SMILES string of the molecule is O=C(O)C1=C(C(=O)O)[C@@H](c2ccc([C@@H]3C(C(=O)O)=C(C(=O)O)ON3c3ccccc3)cc2)N(c2ccccc2)O1. The smallest absolute Gasteiger partial charge is 0.375 e. The Kier molecular flexibility index (Phi) is 6.58. The van der Waals surface area contributed by atoms with E-state index in [1.54, 1.807) is 60.7 Å². The Morgan fingerprint density at radius 3 is 1.10 bits per heavy atom. The highest BCUT2D eigenvalue weighted by molar-refractivity contribution is 6.01. The Balaban J connectivity index is 1.61. The van der Waals surface area contributed by atoms with E-state index in [-0.39, 0.29) is 0 Å². The number of benzene rings is 3. The molecule has 2 heterocycles. The number of hydrogen-bond donors (Lipinski definition) is 4. The Bertz CT molecular complexity index is 1450. The minimum Gasteiger partial charge on any atom is -0.478 e. The van der Waals surface area contributed by atoms with Gasteiger partial charge in [0, 0.05) is 0 Å². The number of anilines is 2. The zero-order chi connectivity index (χ0) is 28.6. The lowest BCUT2D eigenvalue weighted by Crippen LogP contribution is -2.27. The second-order valence-corrected chi connectivity index (χ2v) is 8.68. The molecule has 2 atom stereocenters. The van der Waals surface area contributed by atoms with Gasteiger partial charge in [-0.2, -0.15) is 10.1 Å². The molecule has 0 bridgehead atoms. The van der Waals surface area contributed by atoms with E-state index in [9.17, 15) is 39.6 Å². The fraction of sp³-hybridized carbons (Fsp3) is 0.0714. The Morgan fingerprint density at radius 1 is 0.500 bits per heavy atom. The minimum atomic E-state index is -1.56. The summed E-state index contributed by atoms with van der Waals surface area (Å²) < 4.78 is 0. The number of aliphatic carboxylic acids is 4. The molecule has 3 aromatic rings. The third kappa shape index (κ3) is 4.43. The molecule has 40 heavy (non-hydrogen) atoms. The van der Waals surface area contributed by atoms with E-state index in [1.807, 2.05) is 0 Å². The Morgan fingerprint density at radius 2 is 0.825 bits per heavy atom. The maximum atomic E-state index is 12.2. The number of para-hydroxylation sites is 2. The molecule has 0 saturated heterocycles. The van der Waals surface area contributed by atoms with Gasteiger partial charge in [0.25, 0.3) is 11.5 Å². The Hall–Kier alpha value is -5.78. The van der Waals surface area contributed by atoms with Crippen molar-refractivity contribution in [3.05, 3.63) is 119 Å². The fourth-order valence-electron chi connectivity index (χ4n) is 4.64. The summed E-state index contributed by atoms with van der Waals surface area (Å²) in [5, 5.41) is 41.4. The first-order valence-corrected chi connectivity index (χ1v) is 11.7. The van der Waals surface area contributed by atoms with Gasteiger partial charge in [0.2, 0.25) is 0 Å². The summed E-state index contributed by atoms with van der Waals surface area (Å²) in [7, 11) is 0. The van der Waals surface area contributed by atoms with Gasteiger partial charge >= 0.3 is 23.9 Å². The number of rotatable bonds is 8. The largest absolute Gasteiger partial charge is 0.478 e. The molecule has 3 aromatic carbocycles. The summed E-state index contributed by atoms with van der Waals surface area (Å²) in [5.41, 5.74) is 0.440. The van der Waals surface area contributed by atoms with Crippen LogP contribution in [0.3, 0.4) is 0 Å². The van der Waals surface area contributed by atoms with Crippen LogP contribution in [-0.4, -0.2) is 44.3 Å². The van der Waals surface area contributed by atoms with Gasteiger partial charge in [-0.25, -0.2) is 19.2 Å². The first-order chi connectivity index (χ1) is 19.2. The summed E-state index contributed by atoms with van der Waals surface area (Å²) in [6.07, 6.45) is 0. The molecule has 0 aliphatic carbocycles. The lowest BCUT2D eigenvalue weighted by Gasteiger charge is -2.28. The molecule has 4 N–H and O–H groups in total. The molecule has 0 spiro atoms. The highest BCUT2D eigenvalue weighted by Gasteiger charge is 2.45. The second-order valence-electron chi connectivity index (χ2n) is 8.68. The van der Waals surface area contributed by atoms with Crippen molar-refractivity contribution in [1.29, 1.82) is 0 Å². The summed E-state index contributed by atoms with van der Waals surface area (Å²) >= 11 is 0. The number of nitrogens with zero attached hydrogens (tertiary/aromatic N) is 2. The van der Waals surface area contributed by atoms with Gasteiger partial charge < -0.3 is 30.1 Å². The number of hydroxylamine groups is 2. The van der Waals surface area contributed by atoms with Crippen LogP contribution in [0.1, 0.15) is 23.2 Å². The van der Waals surface area contributed by atoms with E-state index < -0.39 is 58.6 Å². The fourth-order valence-corrected chi connectivity index (χ4v) is 4.64. The van der Waals surface area contributed by atoms with Gasteiger partial charge in [0.15, 0.2) is 0 Å². The normalized spacial score (nSPS) is 18.4. The van der Waals surface area contributed by atoms with E-state index in [0.29, 0.717) is 22.5 Å². The highest BCUT2D eigenvalue weighted by Crippen LogP contribution is 2.44. The molecule has 0 fully saturated rings.